The molecule has 0 aliphatic carbocycles. The highest BCUT2D eigenvalue weighted by molar-refractivity contribution is 7.71. The van der Waals surface area contributed by atoms with Gasteiger partial charge in [0, 0.05) is 0 Å². The summed E-state index contributed by atoms with van der Waals surface area (Å²) >= 11 is 7.14. The first-order valence-electron chi connectivity index (χ1n) is 9.00. The van der Waals surface area contributed by atoms with E-state index in [4.69, 9.17) is 12.2 Å². The smallest absolute Gasteiger partial charge is 0.264 e. The second-order valence-corrected chi connectivity index (χ2v) is 8.06. The summed E-state index contributed by atoms with van der Waals surface area (Å²) in [5, 5.41) is 6.44. The van der Waals surface area contributed by atoms with Crippen LogP contribution in [0.5, 0.6) is 0 Å². The van der Waals surface area contributed by atoms with E-state index < -0.39 is 0 Å². The number of rotatable bonds is 4. The van der Waals surface area contributed by atoms with Crippen LogP contribution in [0.2, 0.25) is 0 Å². The average Bonchev–Trinajstić information content (AvgIpc) is 3.34. The normalized spacial score (nSPS) is 15.2. The fourth-order valence-electron chi connectivity index (χ4n) is 3.40. The van der Waals surface area contributed by atoms with E-state index in [0.29, 0.717) is 4.77 Å². The summed E-state index contributed by atoms with van der Waals surface area (Å²) in [5.74, 6) is 0.143. The Morgan fingerprint density at radius 3 is 2.70 bits per heavy atom. The second-order valence-electron chi connectivity index (χ2n) is 6.75. The molecule has 3 aromatic rings. The van der Waals surface area contributed by atoms with E-state index in [1.807, 2.05) is 43.8 Å². The maximum absolute atomic E-state index is 12.5. The van der Waals surface area contributed by atoms with E-state index >= 15 is 0 Å². The number of para-hydroxylation sites is 1. The summed E-state index contributed by atoms with van der Waals surface area (Å²) in [6.07, 6.45) is 1.79. The molecule has 1 amide bonds. The standard InChI is InChI=1S/C19H21N5OS2/c1-15-5-2-3-6-16(15)23-13-20-24(19(23)26)14-21-8-10-22(11-9-21)18(25)17-7-4-12-27-17/h2-7,12-13H,8-11,14H2,1H3/p+1. The molecule has 0 spiro atoms. The molecule has 27 heavy (non-hydrogen) atoms. The van der Waals surface area contributed by atoms with Crippen molar-refractivity contribution < 1.29 is 9.69 Å². The van der Waals surface area contributed by atoms with Crippen molar-refractivity contribution in [2.45, 2.75) is 13.6 Å². The molecule has 8 heteroatoms. The minimum Gasteiger partial charge on any atom is -0.327 e. The van der Waals surface area contributed by atoms with E-state index in [1.165, 1.54) is 21.8 Å². The number of nitrogens with zero attached hydrogens (tertiary/aromatic N) is 4. The van der Waals surface area contributed by atoms with E-state index in [1.54, 1.807) is 6.33 Å². The van der Waals surface area contributed by atoms with Gasteiger partial charge in [-0.2, -0.15) is 9.78 Å². The minimum absolute atomic E-state index is 0.143. The molecule has 1 aromatic carbocycles. The third-order valence-electron chi connectivity index (χ3n) is 4.97. The third kappa shape index (κ3) is 3.73. The Morgan fingerprint density at radius 2 is 2.00 bits per heavy atom. The second kappa shape index (κ2) is 7.75. The van der Waals surface area contributed by atoms with Gasteiger partial charge in [0.2, 0.25) is 4.77 Å². The molecule has 1 aliphatic heterocycles. The molecular formula is C19H22N5OS2+. The van der Waals surface area contributed by atoms with Crippen molar-refractivity contribution in [2.24, 2.45) is 0 Å². The molecule has 0 unspecified atom stereocenters. The van der Waals surface area contributed by atoms with Crippen molar-refractivity contribution in [1.82, 2.24) is 19.2 Å². The molecule has 1 N–H and O–H groups in total. The molecule has 2 aromatic heterocycles. The summed E-state index contributed by atoms with van der Waals surface area (Å²) in [4.78, 5) is 16.6. The van der Waals surface area contributed by atoms with E-state index in [-0.39, 0.29) is 5.91 Å². The van der Waals surface area contributed by atoms with Crippen LogP contribution in [-0.2, 0) is 6.67 Å². The monoisotopic (exact) mass is 400 g/mol. The summed E-state index contributed by atoms with van der Waals surface area (Å²) in [6, 6.07) is 12.0. The van der Waals surface area contributed by atoms with Crippen LogP contribution in [0, 0.1) is 11.7 Å². The van der Waals surface area contributed by atoms with Gasteiger partial charge in [-0.1, -0.05) is 24.3 Å². The Bertz CT molecular complexity index is 984. The lowest BCUT2D eigenvalue weighted by atomic mass is 10.2. The van der Waals surface area contributed by atoms with Crippen LogP contribution in [-0.4, -0.2) is 51.3 Å². The van der Waals surface area contributed by atoms with Gasteiger partial charge in [0.05, 0.1) is 36.7 Å². The highest BCUT2D eigenvalue weighted by Gasteiger charge is 2.25. The Hall–Kier alpha value is -2.29. The lowest BCUT2D eigenvalue weighted by molar-refractivity contribution is -0.927. The number of quaternary nitrogens is 1. The molecule has 1 saturated heterocycles. The fraction of sp³-hybridized carbons (Fsp3) is 0.316. The first-order valence-corrected chi connectivity index (χ1v) is 10.3. The van der Waals surface area contributed by atoms with Crippen LogP contribution in [0.4, 0.5) is 0 Å². The Labute approximate surface area is 167 Å². The molecule has 0 atom stereocenters. The number of aromatic nitrogens is 3. The number of carbonyl (C=O) groups is 1. The van der Waals surface area contributed by atoms with E-state index in [0.717, 1.165) is 43.4 Å². The third-order valence-corrected chi connectivity index (χ3v) is 6.24. The van der Waals surface area contributed by atoms with Crippen molar-refractivity contribution in [3.8, 4) is 5.69 Å². The van der Waals surface area contributed by atoms with E-state index in [9.17, 15) is 4.79 Å². The van der Waals surface area contributed by atoms with Gasteiger partial charge >= 0.3 is 0 Å². The molecule has 0 bridgehead atoms. The Balaban J connectivity index is 1.41. The first-order chi connectivity index (χ1) is 13.1. The van der Waals surface area contributed by atoms with Crippen molar-refractivity contribution in [1.29, 1.82) is 0 Å². The van der Waals surface area contributed by atoms with E-state index in [2.05, 4.69) is 24.2 Å². The first kappa shape index (κ1) is 18.1. The molecule has 3 heterocycles. The maximum Gasteiger partial charge on any atom is 0.264 e. The molecule has 0 saturated carbocycles. The van der Waals surface area contributed by atoms with Crippen LogP contribution < -0.4 is 4.90 Å². The molecular weight excluding hydrogens is 378 g/mol. The summed E-state index contributed by atoms with van der Waals surface area (Å²) < 4.78 is 4.54. The predicted molar refractivity (Wildman–Crippen MR) is 108 cm³/mol. The highest BCUT2D eigenvalue weighted by Crippen LogP contribution is 2.14. The molecule has 1 fully saturated rings. The van der Waals surface area contributed by atoms with Gasteiger partial charge in [-0.15, -0.1) is 11.3 Å². The number of benzene rings is 1. The van der Waals surface area contributed by atoms with Gasteiger partial charge in [-0.05, 0) is 42.2 Å². The van der Waals surface area contributed by atoms with Gasteiger partial charge in [0.1, 0.15) is 6.33 Å². The number of aryl methyl sites for hydroxylation is 1. The Kier molecular flexibility index (Phi) is 5.20. The topological polar surface area (TPSA) is 47.5 Å². The molecule has 4 rings (SSSR count). The number of piperazine rings is 1. The molecule has 6 nitrogen and oxygen atoms in total. The SMILES string of the molecule is Cc1ccccc1-n1cnn(C[NH+]2CCN(C(=O)c3cccs3)CC2)c1=S. The van der Waals surface area contributed by atoms with Crippen LogP contribution in [0.15, 0.2) is 48.1 Å². The average molecular weight is 401 g/mol. The van der Waals surface area contributed by atoms with Gasteiger partial charge in [0.25, 0.3) is 5.91 Å². The van der Waals surface area contributed by atoms with Gasteiger partial charge < -0.3 is 9.80 Å². The Morgan fingerprint density at radius 1 is 1.22 bits per heavy atom. The van der Waals surface area contributed by atoms with Crippen molar-refractivity contribution in [2.75, 3.05) is 26.2 Å². The highest BCUT2D eigenvalue weighted by atomic mass is 32.1. The van der Waals surface area contributed by atoms with Crippen LogP contribution in [0.25, 0.3) is 5.69 Å². The van der Waals surface area contributed by atoms with Crippen molar-refractivity contribution >= 4 is 29.5 Å². The number of thiophene rings is 1. The van der Waals surface area contributed by atoms with Gasteiger partial charge in [-0.3, -0.25) is 9.36 Å². The number of carbonyl (C=O) groups excluding carboxylic acids is 1. The molecule has 0 radical (unpaired) electrons. The summed E-state index contributed by atoms with van der Waals surface area (Å²) in [7, 11) is 0. The van der Waals surface area contributed by atoms with Crippen LogP contribution >= 0.6 is 23.6 Å². The zero-order chi connectivity index (χ0) is 18.8. The number of amides is 1. The van der Waals surface area contributed by atoms with Crippen molar-refractivity contribution in [3.63, 3.8) is 0 Å². The summed E-state index contributed by atoms with van der Waals surface area (Å²) in [6.45, 7) is 6.12. The number of nitrogens with one attached hydrogen (secondary N) is 1. The van der Waals surface area contributed by atoms with Crippen LogP contribution in [0.3, 0.4) is 0 Å². The number of hydrogen-bond acceptors (Lipinski definition) is 4. The zero-order valence-electron chi connectivity index (χ0n) is 15.2. The van der Waals surface area contributed by atoms with Gasteiger partial charge in [-0.25, -0.2) is 0 Å². The van der Waals surface area contributed by atoms with Crippen molar-refractivity contribution in [3.05, 3.63) is 63.3 Å². The largest absolute Gasteiger partial charge is 0.327 e. The predicted octanol–water partition coefficient (Wildman–Crippen LogP) is 1.77. The number of hydrogen-bond donors (Lipinski definition) is 1. The zero-order valence-corrected chi connectivity index (χ0v) is 16.8. The lowest BCUT2D eigenvalue weighted by Crippen LogP contribution is -3.14. The lowest BCUT2D eigenvalue weighted by Gasteiger charge is -2.31. The molecule has 1 aliphatic rings. The molecule has 140 valence electrons. The fourth-order valence-corrected chi connectivity index (χ4v) is 4.34. The quantitative estimate of drug-likeness (QED) is 0.679. The van der Waals surface area contributed by atoms with Gasteiger partial charge in [0.15, 0.2) is 6.67 Å². The maximum atomic E-state index is 12.5. The minimum atomic E-state index is 0.143. The summed E-state index contributed by atoms with van der Waals surface area (Å²) in [5.41, 5.74) is 2.23. The van der Waals surface area contributed by atoms with Crippen LogP contribution in [0.1, 0.15) is 15.2 Å².